The van der Waals surface area contributed by atoms with Gasteiger partial charge in [0.15, 0.2) is 0 Å². The van der Waals surface area contributed by atoms with Crippen molar-refractivity contribution in [2.24, 2.45) is 7.05 Å². The monoisotopic (exact) mass is 334 g/mol. The number of nitrogens with zero attached hydrogens (tertiary/aromatic N) is 4. The second-order valence-corrected chi connectivity index (χ2v) is 5.83. The van der Waals surface area contributed by atoms with Crippen molar-refractivity contribution in [2.75, 3.05) is 0 Å². The van der Waals surface area contributed by atoms with Gasteiger partial charge in [0.1, 0.15) is 5.70 Å². The van der Waals surface area contributed by atoms with Gasteiger partial charge >= 0.3 is 0 Å². The number of rotatable bonds is 2. The predicted octanol–water partition coefficient (Wildman–Crippen LogP) is 1.66. The van der Waals surface area contributed by atoms with E-state index in [9.17, 15) is 14.4 Å². The number of para-hydroxylation sites is 1. The van der Waals surface area contributed by atoms with Gasteiger partial charge in [-0.25, -0.2) is 9.88 Å². The highest BCUT2D eigenvalue weighted by molar-refractivity contribution is 6.50. The van der Waals surface area contributed by atoms with Crippen LogP contribution in [0.4, 0.5) is 0 Å². The second kappa shape index (κ2) is 5.27. The van der Waals surface area contributed by atoms with Crippen LogP contribution in [0.15, 0.2) is 49.2 Å². The summed E-state index contributed by atoms with van der Waals surface area (Å²) in [6.45, 7) is 1.20. The summed E-state index contributed by atoms with van der Waals surface area (Å²) in [5.74, 6) is -1.86. The standard InChI is InChI=1S/C18H14N4O3/c1-11(23)22-17(24)15(16(18(22)25)21-8-7-19-10-21)13-9-20(2)14-6-4-3-5-12(13)14/h3-10H,1-2H3. The Morgan fingerprint density at radius 3 is 2.56 bits per heavy atom. The van der Waals surface area contributed by atoms with E-state index < -0.39 is 17.7 Å². The summed E-state index contributed by atoms with van der Waals surface area (Å²) >= 11 is 0. The number of aromatic nitrogens is 3. The van der Waals surface area contributed by atoms with Gasteiger partial charge in [0, 0.05) is 49.0 Å². The molecule has 3 amide bonds. The van der Waals surface area contributed by atoms with E-state index in [0.717, 1.165) is 10.9 Å². The highest BCUT2D eigenvalue weighted by Gasteiger charge is 2.43. The summed E-state index contributed by atoms with van der Waals surface area (Å²) in [5, 5.41) is 0.837. The summed E-state index contributed by atoms with van der Waals surface area (Å²) in [6, 6.07) is 7.59. The third-order valence-corrected chi connectivity index (χ3v) is 4.30. The van der Waals surface area contributed by atoms with E-state index >= 15 is 0 Å². The molecule has 3 aromatic rings. The minimum atomic E-state index is -0.640. The molecule has 0 N–H and O–H groups in total. The molecule has 25 heavy (non-hydrogen) atoms. The van der Waals surface area contributed by atoms with Gasteiger partial charge in [-0.2, -0.15) is 0 Å². The topological polar surface area (TPSA) is 77.2 Å². The summed E-state index contributed by atoms with van der Waals surface area (Å²) in [4.78, 5) is 42.1. The Labute approximate surface area is 142 Å². The summed E-state index contributed by atoms with van der Waals surface area (Å²) in [6.07, 6.45) is 6.33. The van der Waals surface area contributed by atoms with Crippen LogP contribution in [-0.2, 0) is 21.4 Å². The van der Waals surface area contributed by atoms with Gasteiger partial charge in [-0.15, -0.1) is 0 Å². The highest BCUT2D eigenvalue weighted by Crippen LogP contribution is 2.36. The molecule has 0 radical (unpaired) electrons. The number of amides is 3. The largest absolute Gasteiger partial charge is 0.350 e. The lowest BCUT2D eigenvalue weighted by Crippen LogP contribution is -2.36. The van der Waals surface area contributed by atoms with Crippen molar-refractivity contribution in [1.82, 2.24) is 19.0 Å². The van der Waals surface area contributed by atoms with Crippen LogP contribution in [-0.4, -0.2) is 36.7 Å². The van der Waals surface area contributed by atoms with Crippen molar-refractivity contribution < 1.29 is 14.4 Å². The predicted molar refractivity (Wildman–Crippen MR) is 90.8 cm³/mol. The fourth-order valence-corrected chi connectivity index (χ4v) is 3.22. The molecule has 124 valence electrons. The average molecular weight is 334 g/mol. The molecule has 1 aliphatic rings. The Balaban J connectivity index is 2.06. The first-order valence-corrected chi connectivity index (χ1v) is 7.67. The van der Waals surface area contributed by atoms with Gasteiger partial charge in [0.05, 0.1) is 11.9 Å². The molecule has 0 unspecified atom stereocenters. The third-order valence-electron chi connectivity index (χ3n) is 4.30. The van der Waals surface area contributed by atoms with Gasteiger partial charge in [-0.05, 0) is 6.07 Å². The lowest BCUT2D eigenvalue weighted by atomic mass is 10.0. The highest BCUT2D eigenvalue weighted by atomic mass is 16.2. The number of hydrogen-bond donors (Lipinski definition) is 0. The van der Waals surface area contributed by atoms with Crippen LogP contribution < -0.4 is 0 Å². The van der Waals surface area contributed by atoms with Gasteiger partial charge in [-0.1, -0.05) is 18.2 Å². The molecule has 0 saturated carbocycles. The molecule has 0 fully saturated rings. The van der Waals surface area contributed by atoms with Crippen LogP contribution in [0.3, 0.4) is 0 Å². The second-order valence-electron chi connectivity index (χ2n) is 5.83. The quantitative estimate of drug-likeness (QED) is 0.668. The molecule has 0 spiro atoms. The van der Waals surface area contributed by atoms with Crippen LogP contribution in [0.2, 0.25) is 0 Å². The zero-order valence-corrected chi connectivity index (χ0v) is 13.6. The van der Waals surface area contributed by atoms with E-state index in [1.807, 2.05) is 35.9 Å². The van der Waals surface area contributed by atoms with Crippen molar-refractivity contribution in [3.05, 3.63) is 54.7 Å². The maximum atomic E-state index is 12.9. The lowest BCUT2D eigenvalue weighted by molar-refractivity contribution is -0.146. The first kappa shape index (κ1) is 15.1. The van der Waals surface area contributed by atoms with Crippen molar-refractivity contribution >= 4 is 39.9 Å². The van der Waals surface area contributed by atoms with E-state index in [4.69, 9.17) is 0 Å². The SMILES string of the molecule is CC(=O)N1C(=O)C(c2cn(C)c3ccccc23)=C(n2ccnc2)C1=O. The third kappa shape index (κ3) is 2.06. The summed E-state index contributed by atoms with van der Waals surface area (Å²) in [7, 11) is 1.87. The van der Waals surface area contributed by atoms with Crippen LogP contribution in [0, 0.1) is 0 Å². The number of hydrogen-bond acceptors (Lipinski definition) is 4. The van der Waals surface area contributed by atoms with Crippen molar-refractivity contribution in [2.45, 2.75) is 6.92 Å². The Morgan fingerprint density at radius 1 is 1.12 bits per heavy atom. The molecule has 0 atom stereocenters. The Hall–Kier alpha value is -3.48. The first-order chi connectivity index (χ1) is 12.0. The Morgan fingerprint density at radius 2 is 1.88 bits per heavy atom. The van der Waals surface area contributed by atoms with Gasteiger partial charge < -0.3 is 9.13 Å². The summed E-state index contributed by atoms with van der Waals surface area (Å²) in [5.41, 5.74) is 1.88. The van der Waals surface area contributed by atoms with Crippen molar-refractivity contribution in [1.29, 1.82) is 0 Å². The molecule has 1 aromatic carbocycles. The maximum absolute atomic E-state index is 12.9. The van der Waals surface area contributed by atoms with Gasteiger partial charge in [0.25, 0.3) is 11.8 Å². The lowest BCUT2D eigenvalue weighted by Gasteiger charge is -2.09. The van der Waals surface area contributed by atoms with E-state index in [2.05, 4.69) is 4.98 Å². The molecule has 7 heteroatoms. The zero-order valence-electron chi connectivity index (χ0n) is 13.6. The van der Waals surface area contributed by atoms with E-state index in [1.165, 1.54) is 24.0 Å². The van der Waals surface area contributed by atoms with Crippen LogP contribution in [0.5, 0.6) is 0 Å². The normalized spacial score (nSPS) is 14.9. The minimum absolute atomic E-state index is 0.133. The van der Waals surface area contributed by atoms with E-state index in [0.29, 0.717) is 10.5 Å². The van der Waals surface area contributed by atoms with Gasteiger partial charge in [-0.3, -0.25) is 14.4 Å². The molecule has 4 rings (SSSR count). The molecular weight excluding hydrogens is 320 g/mol. The molecule has 0 aliphatic carbocycles. The van der Waals surface area contributed by atoms with E-state index in [-0.39, 0.29) is 11.3 Å². The minimum Gasteiger partial charge on any atom is -0.350 e. The molecular formula is C18H14N4O3. The molecule has 3 heterocycles. The fraction of sp³-hybridized carbons (Fsp3) is 0.111. The number of aryl methyl sites for hydroxylation is 1. The van der Waals surface area contributed by atoms with Crippen LogP contribution >= 0.6 is 0 Å². The summed E-state index contributed by atoms with van der Waals surface area (Å²) < 4.78 is 3.36. The number of imide groups is 3. The number of carbonyl (C=O) groups excluding carboxylic acids is 3. The number of carbonyl (C=O) groups is 3. The van der Waals surface area contributed by atoms with Crippen LogP contribution in [0.1, 0.15) is 12.5 Å². The molecule has 2 aromatic heterocycles. The number of benzene rings is 1. The molecule has 1 aliphatic heterocycles. The van der Waals surface area contributed by atoms with Crippen LogP contribution in [0.25, 0.3) is 22.2 Å². The number of fused-ring (bicyclic) bond motifs is 1. The molecule has 0 bridgehead atoms. The smallest absolute Gasteiger partial charge is 0.285 e. The number of imidazole rings is 1. The van der Waals surface area contributed by atoms with Crippen molar-refractivity contribution in [3.63, 3.8) is 0 Å². The first-order valence-electron chi connectivity index (χ1n) is 7.67. The zero-order chi connectivity index (χ0) is 17.7. The van der Waals surface area contributed by atoms with Crippen molar-refractivity contribution in [3.8, 4) is 0 Å². The maximum Gasteiger partial charge on any atom is 0.285 e. The molecule has 7 nitrogen and oxygen atoms in total. The van der Waals surface area contributed by atoms with E-state index in [1.54, 1.807) is 12.4 Å². The average Bonchev–Trinajstić information content (AvgIpc) is 3.26. The molecule has 0 saturated heterocycles. The fourth-order valence-electron chi connectivity index (χ4n) is 3.22. The van der Waals surface area contributed by atoms with Gasteiger partial charge in [0.2, 0.25) is 5.91 Å². The Kier molecular flexibility index (Phi) is 3.18. The Bertz CT molecular complexity index is 1070.